The maximum absolute atomic E-state index is 10.4. The first-order chi connectivity index (χ1) is 11.8. The minimum absolute atomic E-state index is 0.188. The van der Waals surface area contributed by atoms with E-state index in [0.29, 0.717) is 5.82 Å². The number of H-pyrrole nitrogens is 1. The van der Waals surface area contributed by atoms with Crippen molar-refractivity contribution in [3.05, 3.63) is 48.5 Å². The molecule has 0 bridgehead atoms. The molecule has 124 valence electrons. The van der Waals surface area contributed by atoms with Crippen LogP contribution in [0.1, 0.15) is 24.8 Å². The van der Waals surface area contributed by atoms with Crippen LogP contribution in [-0.4, -0.2) is 48.4 Å². The predicted octanol–water partition coefficient (Wildman–Crippen LogP) is 1.34. The zero-order valence-electron chi connectivity index (χ0n) is 13.2. The lowest BCUT2D eigenvalue weighted by atomic mass is 9.91. The first-order valence-corrected chi connectivity index (χ1v) is 8.09. The van der Waals surface area contributed by atoms with Crippen LogP contribution < -0.4 is 4.90 Å². The average molecular weight is 325 g/mol. The number of aromatic amines is 1. The highest BCUT2D eigenvalue weighted by Gasteiger charge is 2.29. The summed E-state index contributed by atoms with van der Waals surface area (Å²) in [6, 6.07) is 9.86. The van der Waals surface area contributed by atoms with Gasteiger partial charge in [0, 0.05) is 25.5 Å². The number of nitrogens with one attached hydrogen (secondary N) is 1. The number of aliphatic hydroxyl groups excluding tert-OH is 1. The molecule has 0 saturated carbocycles. The summed E-state index contributed by atoms with van der Waals surface area (Å²) in [5.74, 6) is 1.57. The maximum Gasteiger partial charge on any atom is 0.250 e. The number of aromatic nitrogens is 6. The second-order valence-electron chi connectivity index (χ2n) is 5.97. The second kappa shape index (κ2) is 6.40. The molecule has 4 rings (SSSR count). The van der Waals surface area contributed by atoms with Crippen LogP contribution in [-0.2, 0) is 0 Å². The Morgan fingerprint density at radius 3 is 2.67 bits per heavy atom. The zero-order valence-corrected chi connectivity index (χ0v) is 13.2. The molecule has 3 heterocycles. The second-order valence-corrected chi connectivity index (χ2v) is 5.97. The molecule has 2 N–H and O–H groups in total. The first-order valence-electron chi connectivity index (χ1n) is 8.09. The molecule has 0 aliphatic carbocycles. The number of tetrazole rings is 1. The number of piperidine rings is 1. The normalized spacial score (nSPS) is 17.1. The standard InChI is InChI=1S/C16H19N7O/c24-14(15-17-8-9-18-15)12-6-10-22(11-7-12)16-19-20-21-23(16)13-4-2-1-3-5-13/h1-5,8-9,12,14,24H,6-7,10-11H2,(H,17,18). The lowest BCUT2D eigenvalue weighted by Gasteiger charge is -2.33. The quantitative estimate of drug-likeness (QED) is 0.751. The molecule has 8 nitrogen and oxygen atoms in total. The number of rotatable bonds is 4. The van der Waals surface area contributed by atoms with Gasteiger partial charge < -0.3 is 15.0 Å². The van der Waals surface area contributed by atoms with Crippen LogP contribution in [0.15, 0.2) is 42.7 Å². The Hall–Kier alpha value is -2.74. The summed E-state index contributed by atoms with van der Waals surface area (Å²) < 4.78 is 1.75. The molecule has 1 aliphatic heterocycles. The van der Waals surface area contributed by atoms with E-state index in [4.69, 9.17) is 0 Å². The highest BCUT2D eigenvalue weighted by Crippen LogP contribution is 2.30. The van der Waals surface area contributed by atoms with Gasteiger partial charge in [0.05, 0.1) is 5.69 Å². The summed E-state index contributed by atoms with van der Waals surface area (Å²) in [5, 5.41) is 22.5. The Morgan fingerprint density at radius 1 is 1.17 bits per heavy atom. The van der Waals surface area contributed by atoms with E-state index in [0.717, 1.165) is 37.6 Å². The molecule has 0 amide bonds. The van der Waals surface area contributed by atoms with Crippen LogP contribution in [0.25, 0.3) is 5.69 Å². The third-order valence-electron chi connectivity index (χ3n) is 4.52. The molecular formula is C16H19N7O. The van der Waals surface area contributed by atoms with Crippen LogP contribution in [0.5, 0.6) is 0 Å². The molecule has 1 aromatic carbocycles. The number of anilines is 1. The Morgan fingerprint density at radius 2 is 1.96 bits per heavy atom. The maximum atomic E-state index is 10.4. The highest BCUT2D eigenvalue weighted by molar-refractivity contribution is 5.40. The topological polar surface area (TPSA) is 95.8 Å². The van der Waals surface area contributed by atoms with E-state index in [9.17, 15) is 5.11 Å². The number of hydrogen-bond donors (Lipinski definition) is 2. The monoisotopic (exact) mass is 325 g/mol. The number of nitrogens with zero attached hydrogens (tertiary/aromatic N) is 6. The van der Waals surface area contributed by atoms with Gasteiger partial charge in [0.1, 0.15) is 11.9 Å². The number of hydrogen-bond acceptors (Lipinski definition) is 6. The van der Waals surface area contributed by atoms with Crippen molar-refractivity contribution in [3.63, 3.8) is 0 Å². The van der Waals surface area contributed by atoms with Crippen LogP contribution in [0, 0.1) is 5.92 Å². The molecule has 2 aromatic heterocycles. The van der Waals surface area contributed by atoms with Crippen molar-refractivity contribution in [2.45, 2.75) is 18.9 Å². The van der Waals surface area contributed by atoms with E-state index in [1.807, 2.05) is 30.3 Å². The van der Waals surface area contributed by atoms with Crippen LogP contribution >= 0.6 is 0 Å². The molecule has 1 atom stereocenters. The van der Waals surface area contributed by atoms with Gasteiger partial charge in [0.2, 0.25) is 5.95 Å². The van der Waals surface area contributed by atoms with Crippen LogP contribution in [0.2, 0.25) is 0 Å². The summed E-state index contributed by atoms with van der Waals surface area (Å²) in [6.07, 6.45) is 4.59. The van der Waals surface area contributed by atoms with Gasteiger partial charge >= 0.3 is 0 Å². The van der Waals surface area contributed by atoms with Gasteiger partial charge in [-0.05, 0) is 41.3 Å². The SMILES string of the molecule is OC(c1ncc[nH]1)C1CCN(c2nnnn2-c2ccccc2)CC1. The molecule has 24 heavy (non-hydrogen) atoms. The van der Waals surface area contributed by atoms with Crippen molar-refractivity contribution in [3.8, 4) is 5.69 Å². The molecule has 1 saturated heterocycles. The van der Waals surface area contributed by atoms with Crippen molar-refractivity contribution in [2.75, 3.05) is 18.0 Å². The number of benzene rings is 1. The van der Waals surface area contributed by atoms with Crippen molar-refractivity contribution in [2.24, 2.45) is 5.92 Å². The third-order valence-corrected chi connectivity index (χ3v) is 4.52. The highest BCUT2D eigenvalue weighted by atomic mass is 16.3. The fourth-order valence-electron chi connectivity index (χ4n) is 3.19. The Labute approximate surface area is 139 Å². The van der Waals surface area contributed by atoms with Gasteiger partial charge in [-0.3, -0.25) is 0 Å². The Balaban J connectivity index is 1.46. The van der Waals surface area contributed by atoms with E-state index in [1.54, 1.807) is 17.1 Å². The molecular weight excluding hydrogens is 306 g/mol. The molecule has 0 radical (unpaired) electrons. The Kier molecular flexibility index (Phi) is 3.96. The minimum Gasteiger partial charge on any atom is -0.385 e. The van der Waals surface area contributed by atoms with E-state index >= 15 is 0 Å². The lowest BCUT2D eigenvalue weighted by Crippen LogP contribution is -2.37. The fraction of sp³-hybridized carbons (Fsp3) is 0.375. The first kappa shape index (κ1) is 14.8. The van der Waals surface area contributed by atoms with Gasteiger partial charge in [-0.25, -0.2) is 4.98 Å². The summed E-state index contributed by atoms with van der Waals surface area (Å²) in [4.78, 5) is 9.32. The molecule has 0 spiro atoms. The Bertz CT molecular complexity index is 763. The minimum atomic E-state index is -0.549. The van der Waals surface area contributed by atoms with Gasteiger partial charge in [-0.15, -0.1) is 0 Å². The van der Waals surface area contributed by atoms with Crippen molar-refractivity contribution >= 4 is 5.95 Å². The molecule has 1 fully saturated rings. The summed E-state index contributed by atoms with van der Waals surface area (Å²) in [6.45, 7) is 1.60. The number of aliphatic hydroxyl groups is 1. The number of para-hydroxylation sites is 1. The van der Waals surface area contributed by atoms with Gasteiger partial charge in [-0.2, -0.15) is 4.68 Å². The van der Waals surface area contributed by atoms with Gasteiger partial charge in [0.25, 0.3) is 0 Å². The van der Waals surface area contributed by atoms with Crippen molar-refractivity contribution in [1.29, 1.82) is 0 Å². The summed E-state index contributed by atoms with van der Waals surface area (Å²) in [5.41, 5.74) is 0.940. The lowest BCUT2D eigenvalue weighted by molar-refractivity contribution is 0.0854. The average Bonchev–Trinajstić information content (AvgIpc) is 3.34. The fourth-order valence-corrected chi connectivity index (χ4v) is 3.19. The van der Waals surface area contributed by atoms with E-state index < -0.39 is 6.10 Å². The van der Waals surface area contributed by atoms with E-state index in [1.165, 1.54) is 0 Å². The van der Waals surface area contributed by atoms with E-state index in [2.05, 4.69) is 30.4 Å². The summed E-state index contributed by atoms with van der Waals surface area (Å²) >= 11 is 0. The molecule has 8 heteroatoms. The predicted molar refractivity (Wildman–Crippen MR) is 87.6 cm³/mol. The molecule has 1 aliphatic rings. The zero-order chi connectivity index (χ0) is 16.4. The van der Waals surface area contributed by atoms with Gasteiger partial charge in [-0.1, -0.05) is 23.3 Å². The van der Waals surface area contributed by atoms with Crippen molar-refractivity contribution < 1.29 is 5.11 Å². The van der Waals surface area contributed by atoms with Crippen LogP contribution in [0.3, 0.4) is 0 Å². The molecule has 3 aromatic rings. The van der Waals surface area contributed by atoms with Crippen LogP contribution in [0.4, 0.5) is 5.95 Å². The van der Waals surface area contributed by atoms with Gasteiger partial charge in [0.15, 0.2) is 0 Å². The molecule has 1 unspecified atom stereocenters. The largest absolute Gasteiger partial charge is 0.385 e. The summed E-state index contributed by atoms with van der Waals surface area (Å²) in [7, 11) is 0. The number of imidazole rings is 1. The smallest absolute Gasteiger partial charge is 0.250 e. The van der Waals surface area contributed by atoms with Crippen molar-refractivity contribution in [1.82, 2.24) is 30.2 Å². The third kappa shape index (κ3) is 2.76. The van der Waals surface area contributed by atoms with E-state index in [-0.39, 0.29) is 5.92 Å².